The van der Waals surface area contributed by atoms with Crippen LogP contribution in [0.25, 0.3) is 6.08 Å². The first-order valence-corrected chi connectivity index (χ1v) is 9.64. The van der Waals surface area contributed by atoms with Gasteiger partial charge in [-0.25, -0.2) is 9.59 Å². The van der Waals surface area contributed by atoms with Gasteiger partial charge in [0.25, 0.3) is 5.91 Å². The van der Waals surface area contributed by atoms with Crippen molar-refractivity contribution in [2.24, 2.45) is 0 Å². The molecule has 1 fully saturated rings. The molecule has 3 amide bonds. The van der Waals surface area contributed by atoms with Crippen molar-refractivity contribution in [3.8, 4) is 5.75 Å². The largest absolute Gasteiger partial charge is 0.491 e. The standard InChI is InChI=1S/C19H16BrClN2O6/c1-3-28-16-12(20)6-10(7-13(16)21)8-14-17(24)23(19(26)22-14)9-11-4-5-15(29-11)18(25)27-2/h4-8H,3,9H2,1-2H3,(H,22,26). The highest BCUT2D eigenvalue weighted by atomic mass is 79.9. The van der Waals surface area contributed by atoms with E-state index in [1.807, 2.05) is 6.92 Å². The first-order valence-electron chi connectivity index (χ1n) is 8.47. The Morgan fingerprint density at radius 1 is 1.34 bits per heavy atom. The van der Waals surface area contributed by atoms with Crippen LogP contribution < -0.4 is 10.1 Å². The molecule has 0 unspecified atom stereocenters. The van der Waals surface area contributed by atoms with Crippen LogP contribution >= 0.6 is 27.5 Å². The molecule has 1 aromatic carbocycles. The van der Waals surface area contributed by atoms with E-state index in [1.165, 1.54) is 25.3 Å². The van der Waals surface area contributed by atoms with Crippen LogP contribution in [0.4, 0.5) is 4.79 Å². The molecule has 10 heteroatoms. The number of esters is 1. The lowest BCUT2D eigenvalue weighted by Gasteiger charge is -2.10. The highest BCUT2D eigenvalue weighted by Crippen LogP contribution is 2.35. The lowest BCUT2D eigenvalue weighted by Crippen LogP contribution is -2.30. The minimum absolute atomic E-state index is 0.0146. The van der Waals surface area contributed by atoms with Crippen molar-refractivity contribution in [2.45, 2.75) is 13.5 Å². The Morgan fingerprint density at radius 3 is 2.76 bits per heavy atom. The predicted octanol–water partition coefficient (Wildman–Crippen LogP) is 3.97. The van der Waals surface area contributed by atoms with Crippen molar-refractivity contribution in [3.63, 3.8) is 0 Å². The highest BCUT2D eigenvalue weighted by Gasteiger charge is 2.34. The third kappa shape index (κ3) is 4.46. The average molecular weight is 484 g/mol. The van der Waals surface area contributed by atoms with Crippen LogP contribution in [0, 0.1) is 0 Å². The molecule has 1 aliphatic heterocycles. The fraction of sp³-hybridized carbons (Fsp3) is 0.211. The average Bonchev–Trinajstić information content (AvgIpc) is 3.25. The summed E-state index contributed by atoms with van der Waals surface area (Å²) in [7, 11) is 1.23. The highest BCUT2D eigenvalue weighted by molar-refractivity contribution is 9.10. The first kappa shape index (κ1) is 20.9. The van der Waals surface area contributed by atoms with E-state index in [0.717, 1.165) is 4.90 Å². The number of furan rings is 1. The number of halogens is 2. The van der Waals surface area contributed by atoms with Crippen molar-refractivity contribution in [1.29, 1.82) is 0 Å². The first-order chi connectivity index (χ1) is 13.8. The molecular weight excluding hydrogens is 468 g/mol. The second-order valence-electron chi connectivity index (χ2n) is 5.88. The molecule has 2 aromatic rings. The molecule has 0 atom stereocenters. The van der Waals surface area contributed by atoms with Crippen LogP contribution in [0.2, 0.25) is 5.02 Å². The Morgan fingerprint density at radius 2 is 2.10 bits per heavy atom. The molecule has 0 aliphatic carbocycles. The zero-order chi connectivity index (χ0) is 21.1. The summed E-state index contributed by atoms with van der Waals surface area (Å²) in [6.07, 6.45) is 1.51. The maximum Gasteiger partial charge on any atom is 0.373 e. The molecule has 29 heavy (non-hydrogen) atoms. The van der Waals surface area contributed by atoms with Gasteiger partial charge in [-0.2, -0.15) is 0 Å². The van der Waals surface area contributed by atoms with Gasteiger partial charge >= 0.3 is 12.0 Å². The minimum Gasteiger partial charge on any atom is -0.491 e. The fourth-order valence-corrected chi connectivity index (χ4v) is 3.64. The number of carbonyl (C=O) groups excluding carboxylic acids is 3. The lowest BCUT2D eigenvalue weighted by atomic mass is 10.2. The second-order valence-corrected chi connectivity index (χ2v) is 7.15. The quantitative estimate of drug-likeness (QED) is 0.379. The van der Waals surface area contributed by atoms with E-state index < -0.39 is 17.9 Å². The molecule has 1 N–H and O–H groups in total. The number of methoxy groups -OCH3 is 1. The van der Waals surface area contributed by atoms with Crippen molar-refractivity contribution < 1.29 is 28.3 Å². The normalized spacial score (nSPS) is 15.0. The molecule has 1 saturated heterocycles. The number of rotatable bonds is 6. The summed E-state index contributed by atoms with van der Waals surface area (Å²) in [6, 6.07) is 5.66. The summed E-state index contributed by atoms with van der Waals surface area (Å²) in [6.45, 7) is 2.16. The molecule has 0 saturated carbocycles. The SMILES string of the molecule is CCOc1c(Cl)cc(C=C2NC(=O)N(Cc3ccc(C(=O)OC)o3)C2=O)cc1Br. The number of nitrogens with one attached hydrogen (secondary N) is 1. The van der Waals surface area contributed by atoms with Gasteiger partial charge in [-0.1, -0.05) is 11.6 Å². The van der Waals surface area contributed by atoms with E-state index in [0.29, 0.717) is 27.4 Å². The molecule has 0 radical (unpaired) electrons. The number of imide groups is 1. The maximum atomic E-state index is 12.6. The number of nitrogens with zero attached hydrogens (tertiary/aromatic N) is 1. The van der Waals surface area contributed by atoms with Gasteiger partial charge in [0.15, 0.2) is 5.75 Å². The van der Waals surface area contributed by atoms with Gasteiger partial charge in [-0.3, -0.25) is 9.69 Å². The van der Waals surface area contributed by atoms with Gasteiger partial charge in [0.05, 0.1) is 29.8 Å². The van der Waals surface area contributed by atoms with Crippen molar-refractivity contribution in [3.05, 3.63) is 56.5 Å². The van der Waals surface area contributed by atoms with Gasteiger partial charge in [0, 0.05) is 0 Å². The van der Waals surface area contributed by atoms with E-state index in [2.05, 4.69) is 26.0 Å². The Labute approximate surface area is 179 Å². The topological polar surface area (TPSA) is 98.1 Å². The van der Waals surface area contributed by atoms with Gasteiger partial charge in [-0.05, 0) is 58.8 Å². The number of urea groups is 1. The van der Waals surface area contributed by atoms with Crippen LogP contribution in [-0.2, 0) is 16.1 Å². The summed E-state index contributed by atoms with van der Waals surface area (Å²) in [5.41, 5.74) is 0.684. The van der Waals surface area contributed by atoms with Crippen LogP contribution in [0.5, 0.6) is 5.75 Å². The number of hydrogen-bond acceptors (Lipinski definition) is 6. The van der Waals surface area contributed by atoms with E-state index in [9.17, 15) is 14.4 Å². The third-order valence-electron chi connectivity index (χ3n) is 3.94. The van der Waals surface area contributed by atoms with Crippen LogP contribution in [0.15, 0.2) is 38.9 Å². The summed E-state index contributed by atoms with van der Waals surface area (Å²) >= 11 is 9.60. The molecule has 152 valence electrons. The summed E-state index contributed by atoms with van der Waals surface area (Å²) < 4.78 is 16.0. The van der Waals surface area contributed by atoms with Crippen LogP contribution in [0.1, 0.15) is 28.8 Å². The predicted molar refractivity (Wildman–Crippen MR) is 107 cm³/mol. The zero-order valence-corrected chi connectivity index (χ0v) is 17.8. The fourth-order valence-electron chi connectivity index (χ4n) is 2.66. The molecular formula is C19H16BrClN2O6. The number of hydrogen-bond donors (Lipinski definition) is 1. The van der Waals surface area contributed by atoms with E-state index in [4.69, 9.17) is 20.8 Å². The van der Waals surface area contributed by atoms with Gasteiger partial charge in [0.2, 0.25) is 5.76 Å². The molecule has 2 heterocycles. The molecule has 0 spiro atoms. The summed E-state index contributed by atoms with van der Waals surface area (Å²) in [5, 5.41) is 2.89. The van der Waals surface area contributed by atoms with Gasteiger partial charge in [-0.15, -0.1) is 0 Å². The zero-order valence-electron chi connectivity index (χ0n) is 15.5. The lowest BCUT2D eigenvalue weighted by molar-refractivity contribution is -0.123. The molecule has 1 aliphatic rings. The van der Waals surface area contributed by atoms with E-state index in [-0.39, 0.29) is 23.8 Å². The number of carbonyl (C=O) groups is 3. The van der Waals surface area contributed by atoms with Crippen molar-refractivity contribution in [2.75, 3.05) is 13.7 Å². The number of benzene rings is 1. The molecule has 8 nitrogen and oxygen atoms in total. The van der Waals surface area contributed by atoms with Gasteiger partial charge in [0.1, 0.15) is 11.5 Å². The Kier molecular flexibility index (Phi) is 6.29. The van der Waals surface area contributed by atoms with Crippen molar-refractivity contribution >= 4 is 51.5 Å². The Balaban J connectivity index is 1.80. The van der Waals surface area contributed by atoms with Crippen LogP contribution in [-0.4, -0.2) is 36.5 Å². The van der Waals surface area contributed by atoms with Crippen molar-refractivity contribution in [1.82, 2.24) is 10.2 Å². The maximum absolute atomic E-state index is 12.6. The Bertz CT molecular complexity index is 993. The summed E-state index contributed by atoms with van der Waals surface area (Å²) in [4.78, 5) is 37.3. The number of amides is 3. The Hall–Kier alpha value is -2.78. The number of ether oxygens (including phenoxy) is 2. The van der Waals surface area contributed by atoms with E-state index in [1.54, 1.807) is 12.1 Å². The smallest absolute Gasteiger partial charge is 0.373 e. The third-order valence-corrected chi connectivity index (χ3v) is 4.81. The molecule has 0 bridgehead atoms. The van der Waals surface area contributed by atoms with E-state index >= 15 is 0 Å². The minimum atomic E-state index is -0.646. The second kappa shape index (κ2) is 8.71. The monoisotopic (exact) mass is 482 g/mol. The molecule has 3 rings (SSSR count). The molecule has 1 aromatic heterocycles. The summed E-state index contributed by atoms with van der Waals surface area (Å²) in [5.74, 6) is -0.431. The van der Waals surface area contributed by atoms with Crippen LogP contribution in [0.3, 0.4) is 0 Å². The van der Waals surface area contributed by atoms with Gasteiger partial charge < -0.3 is 19.2 Å².